The van der Waals surface area contributed by atoms with Crippen LogP contribution in [0.25, 0.3) is 11.3 Å². The van der Waals surface area contributed by atoms with Crippen molar-refractivity contribution in [1.82, 2.24) is 4.98 Å². The van der Waals surface area contributed by atoms with Gasteiger partial charge in [-0.3, -0.25) is 4.79 Å². The van der Waals surface area contributed by atoms with Gasteiger partial charge < -0.3 is 15.4 Å². The summed E-state index contributed by atoms with van der Waals surface area (Å²) in [6, 6.07) is 5.73. The average molecular weight is 289 g/mol. The molecule has 3 rings (SSSR count). The minimum Gasteiger partial charge on any atom is -0.478 e. The third-order valence-corrected chi connectivity index (χ3v) is 4.06. The van der Waals surface area contributed by atoms with Crippen LogP contribution >= 0.6 is 11.3 Å². The molecule has 0 aliphatic carbocycles. The largest absolute Gasteiger partial charge is 0.478 e. The van der Waals surface area contributed by atoms with Crippen molar-refractivity contribution in [1.29, 1.82) is 0 Å². The SMILES string of the molecule is CCC1Oc2ccc(-c3csc(N)n3)cc2N(C)C1=O. The second-order valence-corrected chi connectivity index (χ2v) is 5.56. The van der Waals surface area contributed by atoms with Crippen LogP contribution in [0.1, 0.15) is 13.3 Å². The lowest BCUT2D eigenvalue weighted by Crippen LogP contribution is -2.43. The summed E-state index contributed by atoms with van der Waals surface area (Å²) in [4.78, 5) is 18.0. The first-order valence-corrected chi connectivity index (χ1v) is 7.27. The molecule has 104 valence electrons. The number of nitrogen functional groups attached to an aromatic ring is 1. The van der Waals surface area contributed by atoms with Gasteiger partial charge in [0.15, 0.2) is 11.2 Å². The molecule has 0 fully saturated rings. The molecule has 5 nitrogen and oxygen atoms in total. The van der Waals surface area contributed by atoms with Crippen LogP contribution in [-0.2, 0) is 4.79 Å². The number of ether oxygens (including phenoxy) is 1. The summed E-state index contributed by atoms with van der Waals surface area (Å²) in [5.41, 5.74) is 8.16. The molecule has 1 amide bonds. The van der Waals surface area contributed by atoms with Crippen LogP contribution in [0.5, 0.6) is 5.75 Å². The van der Waals surface area contributed by atoms with E-state index in [1.807, 2.05) is 30.5 Å². The third kappa shape index (κ3) is 2.02. The Morgan fingerprint density at radius 1 is 1.50 bits per heavy atom. The van der Waals surface area contributed by atoms with Crippen molar-refractivity contribution in [2.24, 2.45) is 0 Å². The van der Waals surface area contributed by atoms with Gasteiger partial charge in [0.25, 0.3) is 5.91 Å². The Hall–Kier alpha value is -2.08. The van der Waals surface area contributed by atoms with Gasteiger partial charge in [-0.15, -0.1) is 11.3 Å². The fraction of sp³-hybridized carbons (Fsp3) is 0.286. The number of hydrogen-bond donors (Lipinski definition) is 1. The first kappa shape index (κ1) is 12.9. The Morgan fingerprint density at radius 2 is 2.30 bits per heavy atom. The Labute approximate surface area is 121 Å². The van der Waals surface area contributed by atoms with Crippen molar-refractivity contribution in [3.8, 4) is 17.0 Å². The van der Waals surface area contributed by atoms with Gasteiger partial charge in [-0.2, -0.15) is 0 Å². The molecule has 0 spiro atoms. The van der Waals surface area contributed by atoms with E-state index in [2.05, 4.69) is 4.98 Å². The summed E-state index contributed by atoms with van der Waals surface area (Å²) in [6.07, 6.45) is 0.265. The first-order valence-electron chi connectivity index (χ1n) is 6.39. The number of rotatable bonds is 2. The van der Waals surface area contributed by atoms with Crippen molar-refractivity contribution in [3.05, 3.63) is 23.6 Å². The zero-order chi connectivity index (χ0) is 14.3. The number of thiazole rings is 1. The Balaban J connectivity index is 2.03. The highest BCUT2D eigenvalue weighted by Gasteiger charge is 2.31. The van der Waals surface area contributed by atoms with Gasteiger partial charge in [-0.05, 0) is 24.6 Å². The van der Waals surface area contributed by atoms with Crippen molar-refractivity contribution in [2.45, 2.75) is 19.4 Å². The van der Waals surface area contributed by atoms with Crippen molar-refractivity contribution >= 4 is 28.1 Å². The van der Waals surface area contributed by atoms with Crippen LogP contribution in [0, 0.1) is 0 Å². The molecular weight excluding hydrogens is 274 g/mol. The van der Waals surface area contributed by atoms with Crippen molar-refractivity contribution in [2.75, 3.05) is 17.7 Å². The lowest BCUT2D eigenvalue weighted by Gasteiger charge is -2.31. The fourth-order valence-electron chi connectivity index (χ4n) is 2.26. The molecule has 2 heterocycles. The number of aromatic nitrogens is 1. The van der Waals surface area contributed by atoms with E-state index < -0.39 is 6.10 Å². The molecule has 1 unspecified atom stereocenters. The summed E-state index contributed by atoms with van der Waals surface area (Å²) < 4.78 is 5.73. The number of likely N-dealkylation sites (N-methyl/N-ethyl adjacent to an activating group) is 1. The van der Waals surface area contributed by atoms with E-state index >= 15 is 0 Å². The molecule has 2 N–H and O–H groups in total. The molecule has 1 atom stereocenters. The molecule has 6 heteroatoms. The zero-order valence-electron chi connectivity index (χ0n) is 11.3. The van der Waals surface area contributed by atoms with Gasteiger partial charge in [-0.1, -0.05) is 6.92 Å². The summed E-state index contributed by atoms with van der Waals surface area (Å²) in [7, 11) is 1.77. The van der Waals surface area contributed by atoms with Gasteiger partial charge in [0, 0.05) is 18.0 Å². The minimum absolute atomic E-state index is 0.0186. The maximum atomic E-state index is 12.1. The van der Waals surface area contributed by atoms with Gasteiger partial charge in [0.1, 0.15) is 5.75 Å². The van der Waals surface area contributed by atoms with E-state index in [1.165, 1.54) is 11.3 Å². The number of nitrogens with two attached hydrogens (primary N) is 1. The molecule has 1 aromatic carbocycles. The van der Waals surface area contributed by atoms with Crippen molar-refractivity contribution < 1.29 is 9.53 Å². The van der Waals surface area contributed by atoms with Gasteiger partial charge in [0.05, 0.1) is 11.4 Å². The summed E-state index contributed by atoms with van der Waals surface area (Å²) in [5, 5.41) is 2.43. The normalized spacial score (nSPS) is 17.8. The molecule has 0 bridgehead atoms. The fourth-order valence-corrected chi connectivity index (χ4v) is 2.83. The highest BCUT2D eigenvalue weighted by Crippen LogP contribution is 2.37. The number of nitrogens with zero attached hydrogens (tertiary/aromatic N) is 2. The van der Waals surface area contributed by atoms with Crippen LogP contribution in [0.4, 0.5) is 10.8 Å². The van der Waals surface area contributed by atoms with Crippen LogP contribution in [0.3, 0.4) is 0 Å². The standard InChI is InChI=1S/C14H15N3O2S/c1-3-11-13(18)17(2)10-6-8(4-5-12(10)19-11)9-7-20-14(15)16-9/h4-7,11H,3H2,1-2H3,(H2,15,16). The molecule has 1 aliphatic rings. The van der Waals surface area contributed by atoms with E-state index in [0.717, 1.165) is 22.7 Å². The third-order valence-electron chi connectivity index (χ3n) is 3.38. The summed E-state index contributed by atoms with van der Waals surface area (Å²) >= 11 is 1.40. The predicted molar refractivity (Wildman–Crippen MR) is 80.1 cm³/mol. The average Bonchev–Trinajstić information content (AvgIpc) is 2.89. The summed E-state index contributed by atoms with van der Waals surface area (Å²) in [5.74, 6) is 0.709. The van der Waals surface area contributed by atoms with Gasteiger partial charge in [0.2, 0.25) is 0 Å². The van der Waals surface area contributed by atoms with E-state index in [-0.39, 0.29) is 5.91 Å². The molecule has 0 saturated carbocycles. The molecule has 1 aliphatic heterocycles. The maximum absolute atomic E-state index is 12.1. The van der Waals surface area contributed by atoms with E-state index in [0.29, 0.717) is 11.6 Å². The summed E-state index contributed by atoms with van der Waals surface area (Å²) in [6.45, 7) is 1.94. The van der Waals surface area contributed by atoms with E-state index in [1.54, 1.807) is 11.9 Å². The van der Waals surface area contributed by atoms with Crippen molar-refractivity contribution in [3.63, 3.8) is 0 Å². The van der Waals surface area contributed by atoms with Crippen LogP contribution in [0.2, 0.25) is 0 Å². The lowest BCUT2D eigenvalue weighted by molar-refractivity contribution is -0.126. The number of benzene rings is 1. The Kier molecular flexibility index (Phi) is 3.10. The van der Waals surface area contributed by atoms with Crippen LogP contribution in [0.15, 0.2) is 23.6 Å². The lowest BCUT2D eigenvalue weighted by atomic mass is 10.1. The molecule has 2 aromatic rings. The number of hydrogen-bond acceptors (Lipinski definition) is 5. The second-order valence-electron chi connectivity index (χ2n) is 4.67. The number of carbonyl (C=O) groups excluding carboxylic acids is 1. The minimum atomic E-state index is -0.395. The molecule has 20 heavy (non-hydrogen) atoms. The Morgan fingerprint density at radius 3 is 2.95 bits per heavy atom. The molecule has 0 saturated heterocycles. The van der Waals surface area contributed by atoms with Gasteiger partial charge in [-0.25, -0.2) is 4.98 Å². The monoisotopic (exact) mass is 289 g/mol. The topological polar surface area (TPSA) is 68.5 Å². The quantitative estimate of drug-likeness (QED) is 0.922. The number of anilines is 2. The number of amides is 1. The Bertz CT molecular complexity index is 668. The van der Waals surface area contributed by atoms with E-state index in [4.69, 9.17) is 10.5 Å². The number of fused-ring (bicyclic) bond motifs is 1. The van der Waals surface area contributed by atoms with Crippen LogP contribution in [-0.4, -0.2) is 24.0 Å². The molecular formula is C14H15N3O2S. The molecule has 1 aromatic heterocycles. The first-order chi connectivity index (χ1) is 9.60. The predicted octanol–water partition coefficient (Wildman–Crippen LogP) is 2.53. The number of carbonyl (C=O) groups is 1. The zero-order valence-corrected chi connectivity index (χ0v) is 12.1. The maximum Gasteiger partial charge on any atom is 0.267 e. The second kappa shape index (κ2) is 4.79. The van der Waals surface area contributed by atoms with Gasteiger partial charge >= 0.3 is 0 Å². The molecule has 0 radical (unpaired) electrons. The smallest absolute Gasteiger partial charge is 0.267 e. The highest BCUT2D eigenvalue weighted by atomic mass is 32.1. The highest BCUT2D eigenvalue weighted by molar-refractivity contribution is 7.13. The van der Waals surface area contributed by atoms with E-state index in [9.17, 15) is 4.79 Å². The van der Waals surface area contributed by atoms with Crippen LogP contribution < -0.4 is 15.4 Å².